The van der Waals surface area contributed by atoms with Crippen molar-refractivity contribution in [3.05, 3.63) is 30.3 Å². The number of para-hydroxylation sites is 1. The lowest BCUT2D eigenvalue weighted by Crippen LogP contribution is -2.30. The topological polar surface area (TPSA) is 49.7 Å². The number of ether oxygens (including phenoxy) is 1. The van der Waals surface area contributed by atoms with Crippen molar-refractivity contribution in [2.45, 2.75) is 25.8 Å². The van der Waals surface area contributed by atoms with Crippen LogP contribution in [-0.4, -0.2) is 23.3 Å². The van der Waals surface area contributed by atoms with Crippen LogP contribution in [0.15, 0.2) is 30.3 Å². The molecule has 2 atom stereocenters. The molecule has 0 saturated carbocycles. The molecule has 3 nitrogen and oxygen atoms in total. The molecule has 0 spiro atoms. The van der Waals surface area contributed by atoms with Crippen LogP contribution < -0.4 is 4.74 Å². The van der Waals surface area contributed by atoms with Crippen molar-refractivity contribution in [1.82, 2.24) is 0 Å². The lowest BCUT2D eigenvalue weighted by atomic mass is 9.71. The molecule has 0 aliphatic carbocycles. The minimum atomic E-state index is -1.34. The van der Waals surface area contributed by atoms with E-state index in [0.29, 0.717) is 0 Å². The van der Waals surface area contributed by atoms with Gasteiger partial charge in [-0.2, -0.15) is 0 Å². The van der Waals surface area contributed by atoms with E-state index < -0.39 is 7.12 Å². The first-order valence-electron chi connectivity index (χ1n) is 4.69. The highest BCUT2D eigenvalue weighted by Gasteiger charge is 2.25. The van der Waals surface area contributed by atoms with Gasteiger partial charge >= 0.3 is 7.12 Å². The van der Waals surface area contributed by atoms with E-state index in [9.17, 15) is 0 Å². The summed E-state index contributed by atoms with van der Waals surface area (Å²) in [5.41, 5.74) is 0. The van der Waals surface area contributed by atoms with Crippen LogP contribution in [0, 0.1) is 0 Å². The maximum absolute atomic E-state index is 8.94. The van der Waals surface area contributed by atoms with E-state index in [1.165, 1.54) is 0 Å². The Morgan fingerprint density at radius 3 is 2.21 bits per heavy atom. The van der Waals surface area contributed by atoms with Crippen LogP contribution in [0.3, 0.4) is 0 Å². The van der Waals surface area contributed by atoms with Crippen LogP contribution >= 0.6 is 0 Å². The van der Waals surface area contributed by atoms with Crippen LogP contribution in [0.5, 0.6) is 5.75 Å². The number of hydrogen-bond acceptors (Lipinski definition) is 3. The highest BCUT2D eigenvalue weighted by Crippen LogP contribution is 2.19. The van der Waals surface area contributed by atoms with Gasteiger partial charge in [0.05, 0.1) is 6.10 Å². The highest BCUT2D eigenvalue weighted by molar-refractivity contribution is 6.43. The van der Waals surface area contributed by atoms with Crippen molar-refractivity contribution in [1.29, 1.82) is 0 Å². The average Bonchev–Trinajstić information content (AvgIpc) is 2.18. The summed E-state index contributed by atoms with van der Waals surface area (Å²) in [5, 5.41) is 17.9. The Hall–Kier alpha value is -0.995. The SMILES string of the molecule is CC(Oc1ccccc1)[C@H](C)B(O)O. The van der Waals surface area contributed by atoms with Gasteiger partial charge in [-0.3, -0.25) is 0 Å². The van der Waals surface area contributed by atoms with E-state index in [2.05, 4.69) is 0 Å². The summed E-state index contributed by atoms with van der Waals surface area (Å²) in [6.07, 6.45) is -0.225. The Morgan fingerprint density at radius 1 is 1.14 bits per heavy atom. The van der Waals surface area contributed by atoms with Gasteiger partial charge in [-0.1, -0.05) is 25.1 Å². The lowest BCUT2D eigenvalue weighted by molar-refractivity contribution is 0.199. The second kappa shape index (κ2) is 5.03. The van der Waals surface area contributed by atoms with Crippen LogP contribution in [0.25, 0.3) is 0 Å². The van der Waals surface area contributed by atoms with Crippen molar-refractivity contribution in [3.63, 3.8) is 0 Å². The summed E-state index contributed by atoms with van der Waals surface area (Å²) in [6.45, 7) is 3.55. The maximum atomic E-state index is 8.94. The second-order valence-electron chi connectivity index (χ2n) is 3.41. The van der Waals surface area contributed by atoms with Gasteiger partial charge in [-0.05, 0) is 19.1 Å². The molecular formula is C10H15BO3. The molecule has 76 valence electrons. The molecule has 1 unspecified atom stereocenters. The third kappa shape index (κ3) is 3.05. The molecule has 0 bridgehead atoms. The Labute approximate surface area is 84.5 Å². The van der Waals surface area contributed by atoms with E-state index in [0.717, 1.165) is 5.75 Å². The lowest BCUT2D eigenvalue weighted by Gasteiger charge is -2.20. The first-order chi connectivity index (χ1) is 6.61. The van der Waals surface area contributed by atoms with Gasteiger partial charge in [0, 0.05) is 5.82 Å². The van der Waals surface area contributed by atoms with Gasteiger partial charge in [-0.25, -0.2) is 0 Å². The third-order valence-corrected chi connectivity index (χ3v) is 2.28. The van der Waals surface area contributed by atoms with Crippen molar-refractivity contribution < 1.29 is 14.8 Å². The zero-order chi connectivity index (χ0) is 10.6. The monoisotopic (exact) mass is 194 g/mol. The van der Waals surface area contributed by atoms with Crippen molar-refractivity contribution >= 4 is 7.12 Å². The molecule has 0 radical (unpaired) electrons. The molecule has 0 aromatic heterocycles. The normalized spacial score (nSPS) is 14.6. The van der Waals surface area contributed by atoms with Gasteiger partial charge in [0.2, 0.25) is 0 Å². The molecule has 1 rings (SSSR count). The Bertz CT molecular complexity index is 263. The fourth-order valence-corrected chi connectivity index (χ4v) is 1.06. The molecule has 0 saturated heterocycles. The summed E-state index contributed by atoms with van der Waals surface area (Å²) in [7, 11) is -1.34. The van der Waals surface area contributed by atoms with E-state index in [1.54, 1.807) is 6.92 Å². The van der Waals surface area contributed by atoms with Gasteiger partial charge < -0.3 is 14.8 Å². The largest absolute Gasteiger partial charge is 0.491 e. The molecule has 0 aliphatic heterocycles. The Kier molecular flexibility index (Phi) is 3.98. The van der Waals surface area contributed by atoms with Crippen LogP contribution in [0.4, 0.5) is 0 Å². The fourth-order valence-electron chi connectivity index (χ4n) is 1.06. The molecule has 1 aromatic carbocycles. The predicted octanol–water partition coefficient (Wildman–Crippen LogP) is 1.32. The molecule has 0 amide bonds. The van der Waals surface area contributed by atoms with Gasteiger partial charge in [0.15, 0.2) is 0 Å². The van der Waals surface area contributed by atoms with E-state index in [1.807, 2.05) is 37.3 Å². The Morgan fingerprint density at radius 2 is 1.71 bits per heavy atom. The molecular weight excluding hydrogens is 179 g/mol. The summed E-state index contributed by atoms with van der Waals surface area (Å²) >= 11 is 0. The van der Waals surface area contributed by atoms with Crippen LogP contribution in [0.1, 0.15) is 13.8 Å². The first-order valence-corrected chi connectivity index (χ1v) is 4.69. The fraction of sp³-hybridized carbons (Fsp3) is 0.400. The minimum absolute atomic E-state index is 0.225. The van der Waals surface area contributed by atoms with E-state index >= 15 is 0 Å². The number of hydrogen-bond donors (Lipinski definition) is 2. The van der Waals surface area contributed by atoms with Crippen LogP contribution in [0.2, 0.25) is 5.82 Å². The smallest absolute Gasteiger partial charge is 0.458 e. The highest BCUT2D eigenvalue weighted by atomic mass is 16.5. The standard InChI is InChI=1S/C10H15BO3/c1-8(11(12)13)9(2)14-10-6-4-3-5-7-10/h3-9,12-13H,1-2H3/t8-,9?/m0/s1. The van der Waals surface area contributed by atoms with Gasteiger partial charge in [0.1, 0.15) is 5.75 Å². The minimum Gasteiger partial charge on any atom is -0.491 e. The zero-order valence-electron chi connectivity index (χ0n) is 8.42. The molecule has 4 heteroatoms. The molecule has 0 heterocycles. The molecule has 0 fully saturated rings. The molecule has 1 aromatic rings. The summed E-state index contributed by atoms with van der Waals surface area (Å²) in [4.78, 5) is 0. The number of benzene rings is 1. The maximum Gasteiger partial charge on any atom is 0.458 e. The zero-order valence-corrected chi connectivity index (χ0v) is 8.42. The van der Waals surface area contributed by atoms with Crippen molar-refractivity contribution in [2.24, 2.45) is 0 Å². The second-order valence-corrected chi connectivity index (χ2v) is 3.41. The van der Waals surface area contributed by atoms with E-state index in [-0.39, 0.29) is 11.9 Å². The third-order valence-electron chi connectivity index (χ3n) is 2.28. The van der Waals surface area contributed by atoms with E-state index in [4.69, 9.17) is 14.8 Å². The molecule has 14 heavy (non-hydrogen) atoms. The van der Waals surface area contributed by atoms with Gasteiger partial charge in [0.25, 0.3) is 0 Å². The quantitative estimate of drug-likeness (QED) is 0.710. The average molecular weight is 194 g/mol. The predicted molar refractivity (Wildman–Crippen MR) is 56.1 cm³/mol. The summed E-state index contributed by atoms with van der Waals surface area (Å²) < 4.78 is 5.52. The van der Waals surface area contributed by atoms with Gasteiger partial charge in [-0.15, -0.1) is 0 Å². The summed E-state index contributed by atoms with van der Waals surface area (Å²) in [6, 6.07) is 9.34. The first kappa shape index (κ1) is 11.1. The van der Waals surface area contributed by atoms with Crippen molar-refractivity contribution in [3.8, 4) is 5.75 Å². The molecule has 0 aliphatic rings. The van der Waals surface area contributed by atoms with Crippen LogP contribution in [-0.2, 0) is 0 Å². The summed E-state index contributed by atoms with van der Waals surface area (Å²) in [5.74, 6) is 0.433. The Balaban J connectivity index is 2.53. The van der Waals surface area contributed by atoms with Crippen molar-refractivity contribution in [2.75, 3.05) is 0 Å². The molecule has 2 N–H and O–H groups in total. The number of rotatable bonds is 4.